The van der Waals surface area contributed by atoms with Crippen molar-refractivity contribution in [1.29, 1.82) is 0 Å². The first-order chi connectivity index (χ1) is 14.9. The summed E-state index contributed by atoms with van der Waals surface area (Å²) in [6.45, 7) is -3.51. The molecule has 0 aliphatic carbocycles. The Morgan fingerprint density at radius 2 is 0.697 bits per heavy atom. The third-order valence-corrected chi connectivity index (χ3v) is 3.85. The quantitative estimate of drug-likeness (QED) is 0.129. The zero-order valence-corrected chi connectivity index (χ0v) is 15.5. The number of nitro groups is 8. The van der Waals surface area contributed by atoms with Gasteiger partial charge in [0.1, 0.15) is 12.2 Å². The van der Waals surface area contributed by atoms with E-state index in [1.807, 2.05) is 0 Å². The summed E-state index contributed by atoms with van der Waals surface area (Å²) in [4.78, 5) is 72.3. The van der Waals surface area contributed by atoms with Crippen LogP contribution in [-0.2, 0) is 4.74 Å². The Balaban J connectivity index is 6.47. The molecule has 0 saturated carbocycles. The molecular weight excluding hydrogens is 480 g/mol. The molecule has 0 aromatic heterocycles. The molecule has 0 aliphatic rings. The van der Waals surface area contributed by atoms with Gasteiger partial charge in [-0.15, -0.1) is 0 Å². The fourth-order valence-corrected chi connectivity index (χ4v) is 2.37. The van der Waals surface area contributed by atoms with E-state index in [4.69, 9.17) is 0 Å². The van der Waals surface area contributed by atoms with Gasteiger partial charge in [0.05, 0.1) is 0 Å². The smallest absolute Gasteiger partial charge is 0.359 e. The van der Waals surface area contributed by atoms with E-state index in [0.29, 0.717) is 0 Å². The number of hydrogen-bond donors (Lipinski definition) is 0. The van der Waals surface area contributed by atoms with Crippen molar-refractivity contribution in [2.45, 2.75) is 36.6 Å². The minimum atomic E-state index is -4.40. The average molecular weight is 490 g/mol. The van der Waals surface area contributed by atoms with Crippen molar-refractivity contribution in [3.05, 3.63) is 80.9 Å². The maximum Gasteiger partial charge on any atom is 0.702 e. The van der Waals surface area contributed by atoms with Crippen molar-refractivity contribution < 1.29 is 44.1 Å². The molecule has 0 fully saturated rings. The molecule has 184 valence electrons. The van der Waals surface area contributed by atoms with E-state index in [2.05, 4.69) is 4.74 Å². The predicted molar refractivity (Wildman–Crippen MR) is 89.0 cm³/mol. The summed E-state index contributed by atoms with van der Waals surface area (Å²) in [7, 11) is 0. The minimum Gasteiger partial charge on any atom is -0.359 e. The third-order valence-electron chi connectivity index (χ3n) is 3.85. The molecule has 0 saturated heterocycles. The van der Waals surface area contributed by atoms with Gasteiger partial charge >= 0.3 is 11.6 Å². The lowest BCUT2D eigenvalue weighted by Gasteiger charge is -2.20. The molecule has 0 amide bonds. The summed E-state index contributed by atoms with van der Waals surface area (Å²) in [6.07, 6.45) is -9.49. The van der Waals surface area contributed by atoms with Gasteiger partial charge in [-0.25, -0.2) is 0 Å². The van der Waals surface area contributed by atoms with Crippen LogP contribution in [0.5, 0.6) is 0 Å². The number of nitrogens with zero attached hydrogens (tertiary/aromatic N) is 8. The summed E-state index contributed by atoms with van der Waals surface area (Å²) in [6, 6.07) is 0. The van der Waals surface area contributed by atoms with Crippen LogP contribution in [0.2, 0.25) is 0 Å². The molecule has 0 aromatic carbocycles. The Morgan fingerprint density at radius 1 is 0.485 bits per heavy atom. The molecule has 25 heteroatoms. The van der Waals surface area contributed by atoms with Gasteiger partial charge in [-0.05, 0) is 0 Å². The van der Waals surface area contributed by atoms with Crippen molar-refractivity contribution in [1.82, 2.24) is 0 Å². The van der Waals surface area contributed by atoms with E-state index in [1.165, 1.54) is 0 Å². The van der Waals surface area contributed by atoms with Gasteiger partial charge in [0.2, 0.25) is 25.9 Å². The highest BCUT2D eigenvalue weighted by Gasteiger charge is 2.74. The first-order valence-corrected chi connectivity index (χ1v) is 7.71. The van der Waals surface area contributed by atoms with E-state index in [-0.39, 0.29) is 0 Å². The van der Waals surface area contributed by atoms with Crippen LogP contribution in [0.15, 0.2) is 0 Å². The highest BCUT2D eigenvalue weighted by Crippen LogP contribution is 2.26. The molecule has 0 rings (SSSR count). The molecule has 0 radical (unpaired) electrons. The molecule has 0 aliphatic heterocycles. The van der Waals surface area contributed by atoms with Crippen LogP contribution in [0.25, 0.3) is 0 Å². The summed E-state index contributed by atoms with van der Waals surface area (Å²) >= 11 is 0. The summed E-state index contributed by atoms with van der Waals surface area (Å²) in [5, 5.41) is 87.6. The molecule has 0 aromatic rings. The maximum atomic E-state index is 11.0. The van der Waals surface area contributed by atoms with Gasteiger partial charge in [-0.3, -0.25) is 80.9 Å². The van der Waals surface area contributed by atoms with Gasteiger partial charge in [-0.1, -0.05) is 0 Å². The Morgan fingerprint density at radius 3 is 0.848 bits per heavy atom. The van der Waals surface area contributed by atoms with Crippen LogP contribution >= 0.6 is 0 Å². The van der Waals surface area contributed by atoms with E-state index in [9.17, 15) is 80.9 Å². The largest absolute Gasteiger partial charge is 0.702 e. The highest BCUT2D eigenvalue weighted by atomic mass is 16.7. The standard InChI is InChI=1S/C8H10N8O17/c17-9(18)3-5(1-7(11(21)22,12(23)24)13(25)26)33-6(4-10(19)20)2-8(14(27)28,15(29)30)16(31)32/h5-6H,1-4H2. The molecular formula is C8H10N8O17. The number of hydrogen-bond acceptors (Lipinski definition) is 17. The van der Waals surface area contributed by atoms with Gasteiger partial charge in [0, 0.05) is 9.85 Å². The zero-order chi connectivity index (χ0) is 26.3. The zero-order valence-electron chi connectivity index (χ0n) is 15.5. The molecule has 2 unspecified atom stereocenters. The third kappa shape index (κ3) is 6.08. The maximum absolute atomic E-state index is 11.0. The molecule has 0 bridgehead atoms. The molecule has 2 atom stereocenters. The van der Waals surface area contributed by atoms with E-state index in [1.54, 1.807) is 0 Å². The van der Waals surface area contributed by atoms with E-state index >= 15 is 0 Å². The number of ether oxygens (including phenoxy) is 1. The summed E-state index contributed by atoms with van der Waals surface area (Å²) in [5.74, 6) is -8.79. The topological polar surface area (TPSA) is 354 Å². The molecule has 0 N–H and O–H groups in total. The van der Waals surface area contributed by atoms with Crippen LogP contribution in [0.1, 0.15) is 12.8 Å². The van der Waals surface area contributed by atoms with Crippen molar-refractivity contribution in [2.75, 3.05) is 13.1 Å². The van der Waals surface area contributed by atoms with Gasteiger partial charge in [0.25, 0.3) is 0 Å². The van der Waals surface area contributed by atoms with Crippen molar-refractivity contribution in [2.24, 2.45) is 0 Å². The van der Waals surface area contributed by atoms with Crippen molar-refractivity contribution in [3.63, 3.8) is 0 Å². The summed E-state index contributed by atoms with van der Waals surface area (Å²) < 4.78 is 4.57. The second-order valence-electron chi connectivity index (χ2n) is 5.91. The first kappa shape index (κ1) is 28.2. The van der Waals surface area contributed by atoms with Gasteiger partial charge in [-0.2, -0.15) is 0 Å². The average Bonchev–Trinajstić information content (AvgIpc) is 2.60. The van der Waals surface area contributed by atoms with Crippen LogP contribution in [0.4, 0.5) is 0 Å². The van der Waals surface area contributed by atoms with Gasteiger partial charge < -0.3 is 4.74 Å². The van der Waals surface area contributed by atoms with E-state index < -0.39 is 89.1 Å². The van der Waals surface area contributed by atoms with Crippen molar-refractivity contribution in [3.8, 4) is 0 Å². The molecule has 25 nitrogen and oxygen atoms in total. The molecule has 33 heavy (non-hydrogen) atoms. The lowest BCUT2D eigenvalue weighted by atomic mass is 10.1. The van der Waals surface area contributed by atoms with E-state index in [0.717, 1.165) is 0 Å². The lowest BCUT2D eigenvalue weighted by molar-refractivity contribution is -0.972. The first-order valence-electron chi connectivity index (χ1n) is 7.71. The SMILES string of the molecule is O=[N+]([O-])CC(CC([N+](=O)[O-])([N+](=O)[O-])[N+](=O)[O-])OC(C[N+](=O)[O-])CC([N+](=O)[O-])([N+](=O)[O-])[N+](=O)[O-]. The fourth-order valence-electron chi connectivity index (χ4n) is 2.37. The van der Waals surface area contributed by atoms with Crippen molar-refractivity contribution >= 4 is 0 Å². The minimum absolute atomic E-state index is 1.40. The lowest BCUT2D eigenvalue weighted by Crippen LogP contribution is -2.58. The fraction of sp³-hybridized carbons (Fsp3) is 1.00. The normalized spacial score (nSPS) is 13.3. The molecule has 0 heterocycles. The molecule has 0 spiro atoms. The second-order valence-corrected chi connectivity index (χ2v) is 5.91. The second kappa shape index (κ2) is 10.5. The van der Waals surface area contributed by atoms with Crippen LogP contribution in [0.3, 0.4) is 0 Å². The van der Waals surface area contributed by atoms with Crippen LogP contribution < -0.4 is 0 Å². The monoisotopic (exact) mass is 490 g/mol. The Hall–Kier alpha value is -4.84. The highest BCUT2D eigenvalue weighted by molar-refractivity contribution is 4.71. The van der Waals surface area contributed by atoms with Gasteiger partial charge in [0.15, 0.2) is 29.5 Å². The number of rotatable bonds is 16. The summed E-state index contributed by atoms with van der Waals surface area (Å²) in [5.41, 5.74) is 0. The Bertz CT molecular complexity index is 744. The van der Waals surface area contributed by atoms with Crippen LogP contribution in [0, 0.1) is 80.9 Å². The Labute approximate surface area is 176 Å². The Kier molecular flexibility index (Phi) is 8.92. The van der Waals surface area contributed by atoms with Crippen LogP contribution in [-0.4, -0.2) is 76.3 Å². The predicted octanol–water partition coefficient (Wildman–Crippen LogP) is -1.96.